The Morgan fingerprint density at radius 2 is 1.76 bits per heavy atom. The summed E-state index contributed by atoms with van der Waals surface area (Å²) in [5.74, 6) is 0.908. The molecular weight excluding hydrogens is 708 g/mol. The summed E-state index contributed by atoms with van der Waals surface area (Å²) in [6.45, 7) is 6.90. The van der Waals surface area contributed by atoms with E-state index in [1.165, 1.54) is 6.20 Å². The molecule has 1 aliphatic heterocycles. The molecule has 3 aromatic carbocycles. The quantitative estimate of drug-likeness (QED) is 0.0951. The number of hydrogen-bond donors (Lipinski definition) is 3. The van der Waals surface area contributed by atoms with Crippen molar-refractivity contribution in [1.29, 1.82) is 5.26 Å². The Morgan fingerprint density at radius 3 is 2.52 bits per heavy atom. The molecule has 4 aromatic rings. The van der Waals surface area contributed by atoms with Crippen molar-refractivity contribution in [3.05, 3.63) is 105 Å². The van der Waals surface area contributed by atoms with Gasteiger partial charge in [-0.1, -0.05) is 48.4 Å². The predicted octanol–water partition coefficient (Wildman–Crippen LogP) is 6.54. The van der Waals surface area contributed by atoms with E-state index < -0.39 is 18.1 Å². The number of rotatable bonds is 18. The lowest BCUT2D eigenvalue weighted by molar-refractivity contribution is -0.144. The number of nitriles is 1. The van der Waals surface area contributed by atoms with Crippen molar-refractivity contribution in [3.8, 4) is 34.4 Å². The van der Waals surface area contributed by atoms with Crippen LogP contribution in [0.15, 0.2) is 67.0 Å². The first-order chi connectivity index (χ1) is 26.1. The summed E-state index contributed by atoms with van der Waals surface area (Å²) in [6, 6.07) is 18.9. The topological polar surface area (TPSA) is 149 Å². The second-order valence-corrected chi connectivity index (χ2v) is 14.2. The first-order valence-electron chi connectivity index (χ1n) is 18.3. The van der Waals surface area contributed by atoms with Gasteiger partial charge < -0.3 is 34.4 Å². The van der Waals surface area contributed by atoms with Crippen molar-refractivity contribution in [2.45, 2.75) is 71.4 Å². The van der Waals surface area contributed by atoms with Crippen LogP contribution in [0.3, 0.4) is 0 Å². The smallest absolute Gasteiger partial charge is 0.320 e. The fraction of sp³-hybridized carbons (Fsp3) is 0.405. The maximum absolute atomic E-state index is 12.1. The molecule has 1 aliphatic rings. The van der Waals surface area contributed by atoms with Crippen molar-refractivity contribution in [2.75, 3.05) is 39.9 Å². The number of aromatic nitrogens is 1. The lowest BCUT2D eigenvalue weighted by Crippen LogP contribution is -2.44. The molecule has 0 aliphatic carbocycles. The molecule has 1 saturated heterocycles. The molecule has 286 valence electrons. The number of aliphatic hydroxyl groups is 2. The van der Waals surface area contributed by atoms with Gasteiger partial charge in [0.25, 0.3) is 0 Å². The highest BCUT2D eigenvalue weighted by Gasteiger charge is 2.29. The standard InChI is InChI=1S/C42H49ClN4O7/c1-28-32(9-6-10-35(28)36-11-7-13-39(29(36)2)52-16-8-14-46(3)24-34(49)25-48)27-54-41-19-40(53-26-31-17-30(20-44)21-45-22-31)33(18-37(41)43)23-47-15-5-4-12-38(47)42(50)51/h6-7,9-11,13,17-19,21-22,34,38,48-49H,4-5,8,12,14-16,23-27H2,1-3H3,(H,50,51)/t34?,38-/m0/s1. The highest BCUT2D eigenvalue weighted by molar-refractivity contribution is 6.32. The average molecular weight is 757 g/mol. The zero-order valence-corrected chi connectivity index (χ0v) is 31.9. The van der Waals surface area contributed by atoms with Crippen molar-refractivity contribution < 1.29 is 34.3 Å². The lowest BCUT2D eigenvalue weighted by atomic mass is 9.93. The third-order valence-electron chi connectivity index (χ3n) is 9.78. The lowest BCUT2D eigenvalue weighted by Gasteiger charge is -2.33. The number of likely N-dealkylation sites (N-methyl/N-ethyl adjacent to an activating group) is 1. The zero-order chi connectivity index (χ0) is 38.6. The van der Waals surface area contributed by atoms with Gasteiger partial charge in [-0.2, -0.15) is 5.26 Å². The number of benzene rings is 3. The molecule has 5 rings (SSSR count). The van der Waals surface area contributed by atoms with Crippen molar-refractivity contribution in [2.24, 2.45) is 0 Å². The number of carboxylic acid groups (broad SMARTS) is 1. The summed E-state index contributed by atoms with van der Waals surface area (Å²) >= 11 is 6.85. The number of halogens is 1. The van der Waals surface area contributed by atoms with E-state index in [0.717, 1.165) is 70.5 Å². The van der Waals surface area contributed by atoms with Crippen LogP contribution >= 0.6 is 11.6 Å². The van der Waals surface area contributed by atoms with Crippen LogP contribution in [-0.4, -0.2) is 88.1 Å². The molecule has 0 amide bonds. The SMILES string of the molecule is Cc1c(COc2cc(OCc3cncc(C#N)c3)c(CN3CCCC[C@H]3C(=O)O)cc2Cl)cccc1-c1cccc(OCCCN(C)CC(O)CO)c1C. The molecule has 2 heterocycles. The third-order valence-corrected chi connectivity index (χ3v) is 10.1. The number of nitrogens with zero attached hydrogens (tertiary/aromatic N) is 4. The Labute approximate surface area is 322 Å². The Morgan fingerprint density at radius 1 is 1.00 bits per heavy atom. The molecule has 0 spiro atoms. The van der Waals surface area contributed by atoms with Gasteiger partial charge in [0.1, 0.15) is 42.6 Å². The molecule has 54 heavy (non-hydrogen) atoms. The first-order valence-corrected chi connectivity index (χ1v) is 18.6. The highest BCUT2D eigenvalue weighted by Crippen LogP contribution is 2.37. The number of carbonyl (C=O) groups is 1. The fourth-order valence-electron chi connectivity index (χ4n) is 6.79. The Bertz CT molecular complexity index is 1930. The van der Waals surface area contributed by atoms with Gasteiger partial charge in [-0.25, -0.2) is 0 Å². The number of hydrogen-bond acceptors (Lipinski definition) is 10. The van der Waals surface area contributed by atoms with Crippen LogP contribution in [0, 0.1) is 25.2 Å². The fourth-order valence-corrected chi connectivity index (χ4v) is 7.03. The molecule has 1 unspecified atom stereocenters. The number of likely N-dealkylation sites (tertiary alicyclic amines) is 1. The summed E-state index contributed by atoms with van der Waals surface area (Å²) in [4.78, 5) is 20.1. The van der Waals surface area contributed by atoms with Crippen molar-refractivity contribution in [1.82, 2.24) is 14.8 Å². The van der Waals surface area contributed by atoms with E-state index in [4.69, 9.17) is 30.9 Å². The van der Waals surface area contributed by atoms with Gasteiger partial charge in [0.2, 0.25) is 0 Å². The van der Waals surface area contributed by atoms with E-state index in [-0.39, 0.29) is 19.8 Å². The van der Waals surface area contributed by atoms with Crippen LogP contribution in [-0.2, 0) is 24.6 Å². The molecule has 0 radical (unpaired) electrons. The highest BCUT2D eigenvalue weighted by atomic mass is 35.5. The predicted molar refractivity (Wildman–Crippen MR) is 207 cm³/mol. The molecule has 12 heteroatoms. The van der Waals surface area contributed by atoms with Crippen LogP contribution < -0.4 is 14.2 Å². The van der Waals surface area contributed by atoms with Crippen LogP contribution in [0.25, 0.3) is 11.1 Å². The molecule has 1 aromatic heterocycles. The minimum Gasteiger partial charge on any atom is -0.493 e. The Kier molecular flexibility index (Phi) is 14.7. The van der Waals surface area contributed by atoms with Gasteiger partial charge >= 0.3 is 5.97 Å². The molecule has 3 N–H and O–H groups in total. The number of aliphatic carboxylic acids is 1. The molecule has 2 atom stereocenters. The molecule has 1 fully saturated rings. The number of aliphatic hydroxyl groups excluding tert-OH is 2. The maximum Gasteiger partial charge on any atom is 0.320 e. The van der Waals surface area contributed by atoms with Crippen LogP contribution in [0.2, 0.25) is 5.02 Å². The zero-order valence-electron chi connectivity index (χ0n) is 31.1. The van der Waals surface area contributed by atoms with E-state index >= 15 is 0 Å². The summed E-state index contributed by atoms with van der Waals surface area (Å²) in [7, 11) is 1.91. The van der Waals surface area contributed by atoms with E-state index in [1.54, 1.807) is 24.4 Å². The third kappa shape index (κ3) is 10.7. The second kappa shape index (κ2) is 19.6. The van der Waals surface area contributed by atoms with Crippen LogP contribution in [0.4, 0.5) is 0 Å². The van der Waals surface area contributed by atoms with Gasteiger partial charge in [-0.3, -0.25) is 14.7 Å². The van der Waals surface area contributed by atoms with Gasteiger partial charge in [0.15, 0.2) is 0 Å². The normalized spacial score (nSPS) is 15.1. The minimum atomic E-state index is -0.842. The number of carboxylic acids is 1. The first kappa shape index (κ1) is 40.5. The Balaban J connectivity index is 1.32. The summed E-state index contributed by atoms with van der Waals surface area (Å²) in [5, 5.41) is 38.4. The largest absolute Gasteiger partial charge is 0.493 e. The van der Waals surface area contributed by atoms with Gasteiger partial charge in [0, 0.05) is 49.2 Å². The van der Waals surface area contributed by atoms with Gasteiger partial charge in [-0.05, 0) is 92.7 Å². The maximum atomic E-state index is 12.1. The summed E-state index contributed by atoms with van der Waals surface area (Å²) in [6.07, 6.45) is 5.51. The molecule has 11 nitrogen and oxygen atoms in total. The molecule has 0 bridgehead atoms. The molecule has 0 saturated carbocycles. The summed E-state index contributed by atoms with van der Waals surface area (Å²) in [5.41, 5.74) is 7.07. The number of ether oxygens (including phenoxy) is 3. The van der Waals surface area contributed by atoms with Crippen molar-refractivity contribution in [3.63, 3.8) is 0 Å². The van der Waals surface area contributed by atoms with Crippen LogP contribution in [0.1, 0.15) is 59.1 Å². The van der Waals surface area contributed by atoms with Crippen LogP contribution in [0.5, 0.6) is 17.2 Å². The van der Waals surface area contributed by atoms with Gasteiger partial charge in [0.05, 0.1) is 29.9 Å². The average Bonchev–Trinajstić information content (AvgIpc) is 3.17. The summed E-state index contributed by atoms with van der Waals surface area (Å²) < 4.78 is 18.8. The monoisotopic (exact) mass is 756 g/mol. The minimum absolute atomic E-state index is 0.147. The van der Waals surface area contributed by atoms with E-state index in [0.29, 0.717) is 54.7 Å². The number of piperidine rings is 1. The molecular formula is C42H49ClN4O7. The van der Waals surface area contributed by atoms with Gasteiger partial charge in [-0.15, -0.1) is 0 Å². The second-order valence-electron chi connectivity index (χ2n) is 13.8. The van der Waals surface area contributed by atoms with E-state index in [9.17, 15) is 20.3 Å². The van der Waals surface area contributed by atoms with E-state index in [2.05, 4.69) is 37.0 Å². The van der Waals surface area contributed by atoms with E-state index in [1.807, 2.05) is 41.1 Å². The van der Waals surface area contributed by atoms with Crippen molar-refractivity contribution >= 4 is 17.6 Å². The number of pyridine rings is 1. The Hall–Kier alpha value is -4.70.